The number of fused-ring (bicyclic) bond motifs is 2. The normalized spacial score (nSPS) is 35.6. The van der Waals surface area contributed by atoms with Gasteiger partial charge in [-0.3, -0.25) is 0 Å². The Hall–Kier alpha value is -0.680. The van der Waals surface area contributed by atoms with Gasteiger partial charge in [0.05, 0.1) is 0 Å². The second-order valence-corrected chi connectivity index (χ2v) is 4.94. The first-order chi connectivity index (χ1) is 7.60. The Bertz CT molecular complexity index is 336. The van der Waals surface area contributed by atoms with Crippen LogP contribution in [0.15, 0.2) is 12.2 Å². The minimum absolute atomic E-state index is 0.0392. The lowest BCUT2D eigenvalue weighted by Gasteiger charge is -2.46. The monoisotopic (exact) mass is 258 g/mol. The van der Waals surface area contributed by atoms with Gasteiger partial charge in [-0.1, -0.05) is 19.1 Å². The van der Waals surface area contributed by atoms with Crippen LogP contribution < -0.4 is 0 Å². The zero-order chi connectivity index (χ0) is 13.1. The van der Waals surface area contributed by atoms with Gasteiger partial charge >= 0.3 is 12.4 Å². The van der Waals surface area contributed by atoms with E-state index in [0.29, 0.717) is 0 Å². The molecule has 0 aromatic rings. The van der Waals surface area contributed by atoms with Gasteiger partial charge in [-0.2, -0.15) is 26.3 Å². The highest BCUT2D eigenvalue weighted by atomic mass is 19.4. The molecule has 0 heterocycles. The molecule has 2 unspecified atom stereocenters. The molecule has 0 aromatic carbocycles. The van der Waals surface area contributed by atoms with Crippen molar-refractivity contribution in [2.24, 2.45) is 16.7 Å². The molecule has 2 aliphatic rings. The van der Waals surface area contributed by atoms with Gasteiger partial charge in [0, 0.05) is 5.41 Å². The molecule has 1 saturated carbocycles. The highest BCUT2D eigenvalue weighted by Crippen LogP contribution is 2.73. The standard InChI is InChI=1S/C11H12F6/c1-2-8-4-3-7(5-8)6-9(8,10(12,13)14)11(15,16)17/h3-4,7H,2,5-6H2,1H3. The smallest absolute Gasteiger partial charge is 0.170 e. The van der Waals surface area contributed by atoms with Gasteiger partial charge in [0.15, 0.2) is 5.41 Å². The van der Waals surface area contributed by atoms with E-state index in [1.807, 2.05) is 0 Å². The summed E-state index contributed by atoms with van der Waals surface area (Å²) in [5.41, 5.74) is -5.35. The third kappa shape index (κ3) is 1.32. The quantitative estimate of drug-likeness (QED) is 0.480. The predicted octanol–water partition coefficient (Wildman–Crippen LogP) is 4.47. The van der Waals surface area contributed by atoms with Crippen molar-refractivity contribution in [3.05, 3.63) is 12.2 Å². The van der Waals surface area contributed by atoms with Crippen LogP contribution in [0.1, 0.15) is 26.2 Å². The van der Waals surface area contributed by atoms with Crippen LogP contribution in [0.25, 0.3) is 0 Å². The van der Waals surface area contributed by atoms with Crippen LogP contribution in [-0.4, -0.2) is 12.4 Å². The van der Waals surface area contributed by atoms with Crippen molar-refractivity contribution in [2.75, 3.05) is 0 Å². The van der Waals surface area contributed by atoms with Crippen molar-refractivity contribution in [1.29, 1.82) is 0 Å². The summed E-state index contributed by atoms with van der Waals surface area (Å²) >= 11 is 0. The van der Waals surface area contributed by atoms with Crippen LogP contribution in [0, 0.1) is 16.7 Å². The lowest BCUT2D eigenvalue weighted by molar-refractivity contribution is -0.366. The summed E-state index contributed by atoms with van der Waals surface area (Å²) in [5, 5.41) is 0. The lowest BCUT2D eigenvalue weighted by atomic mass is 9.62. The predicted molar refractivity (Wildman–Crippen MR) is 49.1 cm³/mol. The van der Waals surface area contributed by atoms with Crippen LogP contribution in [-0.2, 0) is 0 Å². The summed E-state index contributed by atoms with van der Waals surface area (Å²) in [4.78, 5) is 0. The van der Waals surface area contributed by atoms with Gasteiger partial charge < -0.3 is 0 Å². The van der Waals surface area contributed by atoms with E-state index < -0.39 is 35.5 Å². The van der Waals surface area contributed by atoms with Crippen LogP contribution >= 0.6 is 0 Å². The van der Waals surface area contributed by atoms with Crippen LogP contribution in [0.2, 0.25) is 0 Å². The molecule has 0 spiro atoms. The minimum atomic E-state index is -5.25. The number of hydrogen-bond acceptors (Lipinski definition) is 0. The van der Waals surface area contributed by atoms with Crippen LogP contribution in [0.5, 0.6) is 0 Å². The molecule has 0 N–H and O–H groups in total. The highest BCUT2D eigenvalue weighted by molar-refractivity contribution is 5.27. The fourth-order valence-electron chi connectivity index (χ4n) is 3.50. The Morgan fingerprint density at radius 2 is 1.59 bits per heavy atom. The summed E-state index contributed by atoms with van der Waals surface area (Å²) in [6.07, 6.45) is -8.89. The second-order valence-electron chi connectivity index (χ2n) is 4.94. The van der Waals surface area contributed by atoms with E-state index in [1.54, 1.807) is 0 Å². The van der Waals surface area contributed by atoms with E-state index in [-0.39, 0.29) is 12.8 Å². The number of rotatable bonds is 1. The third-order valence-electron chi connectivity index (χ3n) is 4.33. The molecule has 0 aromatic heterocycles. The summed E-state index contributed by atoms with van der Waals surface area (Å²) in [6.45, 7) is 1.39. The van der Waals surface area contributed by atoms with Crippen molar-refractivity contribution in [3.8, 4) is 0 Å². The zero-order valence-corrected chi connectivity index (χ0v) is 9.12. The van der Waals surface area contributed by atoms with Gasteiger partial charge in [-0.15, -0.1) is 0 Å². The van der Waals surface area contributed by atoms with Gasteiger partial charge in [0.25, 0.3) is 0 Å². The number of halogens is 6. The molecule has 17 heavy (non-hydrogen) atoms. The Labute approximate surface area is 94.7 Å². The van der Waals surface area contributed by atoms with Crippen LogP contribution in [0.3, 0.4) is 0 Å². The first-order valence-electron chi connectivity index (χ1n) is 5.42. The van der Waals surface area contributed by atoms with Crippen molar-refractivity contribution >= 4 is 0 Å². The molecule has 2 atom stereocenters. The van der Waals surface area contributed by atoms with Crippen molar-refractivity contribution in [1.82, 2.24) is 0 Å². The molecule has 1 fully saturated rings. The zero-order valence-electron chi connectivity index (χ0n) is 9.12. The Kier molecular flexibility index (Phi) is 2.41. The molecule has 0 radical (unpaired) electrons. The average Bonchev–Trinajstić information content (AvgIpc) is 2.70. The molecule has 0 amide bonds. The lowest BCUT2D eigenvalue weighted by Crippen LogP contribution is -2.57. The maximum Gasteiger partial charge on any atom is 0.404 e. The number of hydrogen-bond donors (Lipinski definition) is 0. The summed E-state index contributed by atoms with van der Waals surface area (Å²) < 4.78 is 78.3. The minimum Gasteiger partial charge on any atom is -0.170 e. The number of alkyl halides is 6. The third-order valence-corrected chi connectivity index (χ3v) is 4.33. The van der Waals surface area contributed by atoms with Gasteiger partial charge in [0.2, 0.25) is 0 Å². The van der Waals surface area contributed by atoms with Gasteiger partial charge in [0.1, 0.15) is 0 Å². The van der Waals surface area contributed by atoms with Gasteiger partial charge in [-0.05, 0) is 25.2 Å². The van der Waals surface area contributed by atoms with Crippen molar-refractivity contribution in [2.45, 2.75) is 38.5 Å². The van der Waals surface area contributed by atoms with E-state index in [2.05, 4.69) is 0 Å². The summed E-state index contributed by atoms with van der Waals surface area (Å²) in [6, 6.07) is 0. The SMILES string of the molecule is CCC12C=CC(C1)CC2(C(F)(F)F)C(F)(F)F. The first kappa shape index (κ1) is 12.8. The molecule has 0 aliphatic heterocycles. The van der Waals surface area contributed by atoms with Crippen molar-refractivity contribution in [3.63, 3.8) is 0 Å². The van der Waals surface area contributed by atoms with E-state index >= 15 is 0 Å². The maximum atomic E-state index is 13.0. The molecule has 2 rings (SSSR count). The maximum absolute atomic E-state index is 13.0. The number of allylic oxidation sites excluding steroid dienone is 2. The van der Waals surface area contributed by atoms with E-state index in [1.165, 1.54) is 13.0 Å². The molecular formula is C11H12F6. The second kappa shape index (κ2) is 3.20. The largest absolute Gasteiger partial charge is 0.404 e. The molecular weight excluding hydrogens is 246 g/mol. The fraction of sp³-hybridized carbons (Fsp3) is 0.818. The van der Waals surface area contributed by atoms with Crippen LogP contribution in [0.4, 0.5) is 26.3 Å². The fourth-order valence-corrected chi connectivity index (χ4v) is 3.50. The van der Waals surface area contributed by atoms with Crippen molar-refractivity contribution < 1.29 is 26.3 Å². The Morgan fingerprint density at radius 1 is 1.06 bits per heavy atom. The Balaban J connectivity index is 2.62. The topological polar surface area (TPSA) is 0 Å². The van der Waals surface area contributed by atoms with Gasteiger partial charge in [-0.25, -0.2) is 0 Å². The Morgan fingerprint density at radius 3 is 1.88 bits per heavy atom. The molecule has 98 valence electrons. The average molecular weight is 258 g/mol. The summed E-state index contributed by atoms with van der Waals surface area (Å²) in [5.74, 6) is -0.599. The molecule has 0 saturated heterocycles. The summed E-state index contributed by atoms with van der Waals surface area (Å²) in [7, 11) is 0. The molecule has 2 bridgehead atoms. The highest BCUT2D eigenvalue weighted by Gasteiger charge is 2.81. The molecule has 6 heteroatoms. The first-order valence-corrected chi connectivity index (χ1v) is 5.42. The van der Waals surface area contributed by atoms with E-state index in [0.717, 1.165) is 6.08 Å². The molecule has 0 nitrogen and oxygen atoms in total. The molecule has 2 aliphatic carbocycles. The van der Waals surface area contributed by atoms with E-state index in [9.17, 15) is 26.3 Å². The van der Waals surface area contributed by atoms with E-state index in [4.69, 9.17) is 0 Å².